The lowest BCUT2D eigenvalue weighted by Crippen LogP contribution is -2.05. The first-order valence-electron chi connectivity index (χ1n) is 5.72. The molecule has 0 amide bonds. The van der Waals surface area contributed by atoms with Crippen molar-refractivity contribution in [3.8, 4) is 11.3 Å². The van der Waals surface area contributed by atoms with Gasteiger partial charge in [-0.2, -0.15) is 18.3 Å². The summed E-state index contributed by atoms with van der Waals surface area (Å²) in [6.45, 7) is 1.96. The van der Waals surface area contributed by atoms with E-state index in [1.54, 1.807) is 17.9 Å². The summed E-state index contributed by atoms with van der Waals surface area (Å²) in [5, 5.41) is 4.19. The number of nitrogens with zero attached hydrogens (tertiary/aromatic N) is 2. The smallest absolute Gasteiger partial charge is 0.268 e. The van der Waals surface area contributed by atoms with Gasteiger partial charge in [0.1, 0.15) is 0 Å². The Morgan fingerprint density at radius 1 is 1.32 bits per heavy atom. The third-order valence-corrected chi connectivity index (χ3v) is 3.26. The molecule has 0 radical (unpaired) electrons. The van der Waals surface area contributed by atoms with Crippen LogP contribution in [0.2, 0.25) is 5.02 Å². The molecule has 0 aliphatic carbocycles. The summed E-state index contributed by atoms with van der Waals surface area (Å²) >= 11 is 5.99. The SMILES string of the molecule is CCc1cnn(C)c1-c1ccc(C(F)(F)F)cc1Cl. The molecule has 0 fully saturated rings. The van der Waals surface area contributed by atoms with Gasteiger partial charge in [0.15, 0.2) is 0 Å². The molecule has 1 aromatic carbocycles. The zero-order valence-electron chi connectivity index (χ0n) is 10.4. The minimum atomic E-state index is -4.39. The number of aryl methyl sites for hydroxylation is 2. The molecule has 1 aromatic heterocycles. The molecule has 0 saturated heterocycles. The fourth-order valence-electron chi connectivity index (χ4n) is 1.97. The van der Waals surface area contributed by atoms with Crippen LogP contribution in [0.15, 0.2) is 24.4 Å². The Morgan fingerprint density at radius 3 is 2.53 bits per heavy atom. The molecule has 0 spiro atoms. The van der Waals surface area contributed by atoms with Crippen LogP contribution in [0.25, 0.3) is 11.3 Å². The van der Waals surface area contributed by atoms with E-state index in [2.05, 4.69) is 5.10 Å². The van der Waals surface area contributed by atoms with Crippen molar-refractivity contribution in [1.29, 1.82) is 0 Å². The average molecular weight is 289 g/mol. The molecule has 0 atom stereocenters. The number of hydrogen-bond donors (Lipinski definition) is 0. The molecule has 0 unspecified atom stereocenters. The Bertz CT molecular complexity index is 602. The Kier molecular flexibility index (Phi) is 3.58. The molecule has 0 saturated carbocycles. The molecular weight excluding hydrogens is 277 g/mol. The number of alkyl halides is 3. The number of aromatic nitrogens is 2. The van der Waals surface area contributed by atoms with Gasteiger partial charge in [0.2, 0.25) is 0 Å². The van der Waals surface area contributed by atoms with Gasteiger partial charge in [0, 0.05) is 12.6 Å². The molecule has 0 aliphatic heterocycles. The fraction of sp³-hybridized carbons (Fsp3) is 0.308. The summed E-state index contributed by atoms with van der Waals surface area (Å²) in [5.41, 5.74) is 1.51. The minimum Gasteiger partial charge on any atom is -0.268 e. The van der Waals surface area contributed by atoms with Crippen LogP contribution in [0.3, 0.4) is 0 Å². The fourth-order valence-corrected chi connectivity index (χ4v) is 2.24. The van der Waals surface area contributed by atoms with E-state index in [0.29, 0.717) is 5.56 Å². The Hall–Kier alpha value is -1.49. The van der Waals surface area contributed by atoms with Crippen LogP contribution < -0.4 is 0 Å². The van der Waals surface area contributed by atoms with E-state index in [-0.39, 0.29) is 5.02 Å². The molecular formula is C13H12ClF3N2. The first kappa shape index (κ1) is 13.9. The van der Waals surface area contributed by atoms with E-state index in [1.165, 1.54) is 6.07 Å². The highest BCUT2D eigenvalue weighted by atomic mass is 35.5. The van der Waals surface area contributed by atoms with E-state index < -0.39 is 11.7 Å². The number of benzene rings is 1. The van der Waals surface area contributed by atoms with Gasteiger partial charge >= 0.3 is 6.18 Å². The van der Waals surface area contributed by atoms with E-state index in [0.717, 1.165) is 29.8 Å². The van der Waals surface area contributed by atoms with Crippen LogP contribution in [0.1, 0.15) is 18.1 Å². The summed E-state index contributed by atoms with van der Waals surface area (Å²) in [7, 11) is 1.74. The second kappa shape index (κ2) is 4.89. The minimum absolute atomic E-state index is 0.0770. The Morgan fingerprint density at radius 2 is 2.00 bits per heavy atom. The van der Waals surface area contributed by atoms with Crippen molar-refractivity contribution in [1.82, 2.24) is 9.78 Å². The Balaban J connectivity index is 2.55. The lowest BCUT2D eigenvalue weighted by Gasteiger charge is -2.11. The maximum Gasteiger partial charge on any atom is 0.416 e. The molecule has 2 rings (SSSR count). The average Bonchev–Trinajstić information content (AvgIpc) is 2.69. The summed E-state index contributed by atoms with van der Waals surface area (Å²) in [6.07, 6.45) is -1.95. The summed E-state index contributed by atoms with van der Waals surface area (Å²) in [5.74, 6) is 0. The topological polar surface area (TPSA) is 17.8 Å². The van der Waals surface area contributed by atoms with Crippen LogP contribution in [0.4, 0.5) is 13.2 Å². The second-order valence-electron chi connectivity index (χ2n) is 4.19. The second-order valence-corrected chi connectivity index (χ2v) is 4.60. The Labute approximate surface area is 113 Å². The molecule has 6 heteroatoms. The van der Waals surface area contributed by atoms with E-state index in [4.69, 9.17) is 11.6 Å². The van der Waals surface area contributed by atoms with Gasteiger partial charge in [0.25, 0.3) is 0 Å². The number of rotatable bonds is 2. The molecule has 19 heavy (non-hydrogen) atoms. The summed E-state index contributed by atoms with van der Waals surface area (Å²) in [4.78, 5) is 0. The van der Waals surface area contributed by atoms with Gasteiger partial charge in [-0.3, -0.25) is 4.68 Å². The molecule has 1 heterocycles. The van der Waals surface area contributed by atoms with E-state index in [9.17, 15) is 13.2 Å². The zero-order valence-corrected chi connectivity index (χ0v) is 11.2. The normalized spacial score (nSPS) is 11.9. The van der Waals surface area contributed by atoms with Gasteiger partial charge in [-0.15, -0.1) is 0 Å². The van der Waals surface area contributed by atoms with E-state index in [1.807, 2.05) is 6.92 Å². The lowest BCUT2D eigenvalue weighted by molar-refractivity contribution is -0.137. The quantitative estimate of drug-likeness (QED) is 0.804. The predicted molar refractivity (Wildman–Crippen MR) is 68.0 cm³/mol. The first-order valence-corrected chi connectivity index (χ1v) is 6.10. The van der Waals surface area contributed by atoms with Crippen molar-refractivity contribution >= 4 is 11.6 Å². The highest BCUT2D eigenvalue weighted by Gasteiger charge is 2.31. The maximum absolute atomic E-state index is 12.6. The van der Waals surface area contributed by atoms with Crippen molar-refractivity contribution in [2.24, 2.45) is 7.05 Å². The van der Waals surface area contributed by atoms with Gasteiger partial charge in [-0.05, 0) is 24.1 Å². The van der Waals surface area contributed by atoms with Gasteiger partial charge in [-0.25, -0.2) is 0 Å². The molecule has 2 aromatic rings. The molecule has 2 nitrogen and oxygen atoms in total. The van der Waals surface area contributed by atoms with Crippen molar-refractivity contribution < 1.29 is 13.2 Å². The zero-order chi connectivity index (χ0) is 14.2. The van der Waals surface area contributed by atoms with Gasteiger partial charge < -0.3 is 0 Å². The first-order chi connectivity index (χ1) is 8.84. The summed E-state index contributed by atoms with van der Waals surface area (Å²) in [6, 6.07) is 3.37. The van der Waals surface area contributed by atoms with E-state index >= 15 is 0 Å². The molecule has 102 valence electrons. The van der Waals surface area contributed by atoms with Crippen LogP contribution in [-0.4, -0.2) is 9.78 Å². The predicted octanol–water partition coefficient (Wildman–Crippen LogP) is 4.32. The van der Waals surface area contributed by atoms with Crippen molar-refractivity contribution in [3.05, 3.63) is 40.5 Å². The van der Waals surface area contributed by atoms with Gasteiger partial charge in [0.05, 0.1) is 22.5 Å². The third-order valence-electron chi connectivity index (χ3n) is 2.95. The largest absolute Gasteiger partial charge is 0.416 e. The highest BCUT2D eigenvalue weighted by molar-refractivity contribution is 6.33. The third kappa shape index (κ3) is 2.61. The van der Waals surface area contributed by atoms with Crippen LogP contribution in [0, 0.1) is 0 Å². The monoisotopic (exact) mass is 288 g/mol. The number of hydrogen-bond acceptors (Lipinski definition) is 1. The number of halogens is 4. The van der Waals surface area contributed by atoms with Crippen LogP contribution in [0.5, 0.6) is 0 Å². The highest BCUT2D eigenvalue weighted by Crippen LogP contribution is 2.36. The molecule has 0 N–H and O–H groups in total. The standard InChI is InChI=1S/C13H12ClF3N2/c1-3-8-7-18-19(2)12(8)10-5-4-9(6-11(10)14)13(15,16)17/h4-7H,3H2,1-2H3. The molecule has 0 bridgehead atoms. The maximum atomic E-state index is 12.6. The summed E-state index contributed by atoms with van der Waals surface area (Å²) < 4.78 is 39.4. The van der Waals surface area contributed by atoms with Crippen molar-refractivity contribution in [2.45, 2.75) is 19.5 Å². The van der Waals surface area contributed by atoms with Crippen molar-refractivity contribution in [3.63, 3.8) is 0 Å². The van der Waals surface area contributed by atoms with Crippen molar-refractivity contribution in [2.75, 3.05) is 0 Å². The lowest BCUT2D eigenvalue weighted by atomic mass is 10.0. The molecule has 0 aliphatic rings. The van der Waals surface area contributed by atoms with Gasteiger partial charge in [-0.1, -0.05) is 24.6 Å². The van der Waals surface area contributed by atoms with Crippen LogP contribution in [-0.2, 0) is 19.6 Å². The van der Waals surface area contributed by atoms with Crippen LogP contribution >= 0.6 is 11.6 Å².